The molecule has 0 aromatic heterocycles. The molecule has 0 atom stereocenters. The minimum atomic E-state index is 0.0514. The molecule has 0 saturated carbocycles. The van der Waals surface area contributed by atoms with Crippen LogP contribution in [-0.4, -0.2) is 17.9 Å². The molecule has 3 nitrogen and oxygen atoms in total. The lowest BCUT2D eigenvalue weighted by molar-refractivity contribution is -0.129. The van der Waals surface area contributed by atoms with Crippen LogP contribution in [0.25, 0.3) is 0 Å². The summed E-state index contributed by atoms with van der Waals surface area (Å²) in [5.74, 6) is 0.0514. The highest BCUT2D eigenvalue weighted by Crippen LogP contribution is 2.17. The summed E-state index contributed by atoms with van der Waals surface area (Å²) in [6.07, 6.45) is 0.340. The van der Waals surface area contributed by atoms with Crippen LogP contribution in [0.3, 0.4) is 0 Å². The van der Waals surface area contributed by atoms with E-state index in [1.54, 1.807) is 24.1 Å². The van der Waals surface area contributed by atoms with E-state index in [0.29, 0.717) is 18.5 Å². The van der Waals surface area contributed by atoms with Crippen molar-refractivity contribution in [1.29, 1.82) is 5.26 Å². The van der Waals surface area contributed by atoms with Crippen molar-refractivity contribution in [2.75, 3.05) is 7.05 Å². The lowest BCUT2D eigenvalue weighted by atomic mass is 10.1. The third kappa shape index (κ3) is 4.17. The number of carbonyl (C=O) groups is 1. The van der Waals surface area contributed by atoms with Crippen LogP contribution in [0.2, 0.25) is 0 Å². The smallest absolute Gasteiger partial charge is 0.227 e. The molecule has 4 heteroatoms. The fourth-order valence-corrected chi connectivity index (χ4v) is 2.39. The van der Waals surface area contributed by atoms with E-state index in [-0.39, 0.29) is 5.91 Å². The van der Waals surface area contributed by atoms with Gasteiger partial charge in [-0.3, -0.25) is 4.79 Å². The molecule has 0 bridgehead atoms. The van der Waals surface area contributed by atoms with Gasteiger partial charge in [0.1, 0.15) is 0 Å². The molecule has 0 aliphatic rings. The van der Waals surface area contributed by atoms with Gasteiger partial charge in [0.15, 0.2) is 0 Å². The minimum absolute atomic E-state index is 0.0514. The zero-order chi connectivity index (χ0) is 15.2. The van der Waals surface area contributed by atoms with Crippen molar-refractivity contribution in [3.8, 4) is 6.07 Å². The largest absolute Gasteiger partial charge is 0.341 e. The second-order valence-corrected chi connectivity index (χ2v) is 5.68. The predicted molar refractivity (Wildman–Crippen MR) is 85.5 cm³/mol. The SMILES string of the molecule is CN(Cc1ccccc1Br)C(=O)Cc1ccc(C#N)cc1. The van der Waals surface area contributed by atoms with E-state index >= 15 is 0 Å². The Morgan fingerprint density at radius 3 is 2.48 bits per heavy atom. The molecule has 0 N–H and O–H groups in total. The molecule has 2 rings (SSSR count). The summed E-state index contributed by atoms with van der Waals surface area (Å²) in [6.45, 7) is 0.566. The molecular weight excluding hydrogens is 328 g/mol. The lowest BCUT2D eigenvalue weighted by Crippen LogP contribution is -2.27. The van der Waals surface area contributed by atoms with E-state index in [9.17, 15) is 4.79 Å². The second kappa shape index (κ2) is 7.05. The molecule has 2 aromatic rings. The van der Waals surface area contributed by atoms with Gasteiger partial charge in [-0.05, 0) is 29.3 Å². The number of rotatable bonds is 4. The number of nitriles is 1. The van der Waals surface area contributed by atoms with Crippen molar-refractivity contribution in [3.05, 3.63) is 69.7 Å². The van der Waals surface area contributed by atoms with E-state index < -0.39 is 0 Å². The summed E-state index contributed by atoms with van der Waals surface area (Å²) in [4.78, 5) is 13.9. The van der Waals surface area contributed by atoms with Gasteiger partial charge >= 0.3 is 0 Å². The maximum Gasteiger partial charge on any atom is 0.227 e. The average molecular weight is 343 g/mol. The number of carbonyl (C=O) groups excluding carboxylic acids is 1. The molecule has 1 amide bonds. The van der Waals surface area contributed by atoms with Gasteiger partial charge in [-0.2, -0.15) is 5.26 Å². The first kappa shape index (κ1) is 15.3. The predicted octanol–water partition coefficient (Wildman–Crippen LogP) is 3.52. The van der Waals surface area contributed by atoms with Crippen molar-refractivity contribution >= 4 is 21.8 Å². The van der Waals surface area contributed by atoms with E-state index in [4.69, 9.17) is 5.26 Å². The fraction of sp³-hybridized carbons (Fsp3) is 0.176. The average Bonchev–Trinajstić information content (AvgIpc) is 2.50. The first-order chi connectivity index (χ1) is 10.1. The first-order valence-corrected chi connectivity index (χ1v) is 7.36. The topological polar surface area (TPSA) is 44.1 Å². The quantitative estimate of drug-likeness (QED) is 0.853. The van der Waals surface area contributed by atoms with Crippen LogP contribution < -0.4 is 0 Å². The van der Waals surface area contributed by atoms with Crippen LogP contribution in [0.5, 0.6) is 0 Å². The fourth-order valence-electron chi connectivity index (χ4n) is 1.98. The van der Waals surface area contributed by atoms with E-state index in [1.807, 2.05) is 36.4 Å². The third-order valence-corrected chi connectivity index (χ3v) is 4.00. The van der Waals surface area contributed by atoms with Gasteiger partial charge in [0.25, 0.3) is 0 Å². The summed E-state index contributed by atoms with van der Waals surface area (Å²) in [6, 6.07) is 17.0. The molecule has 21 heavy (non-hydrogen) atoms. The second-order valence-electron chi connectivity index (χ2n) is 4.83. The summed E-state index contributed by atoms with van der Waals surface area (Å²) in [5, 5.41) is 8.76. The highest BCUT2D eigenvalue weighted by molar-refractivity contribution is 9.10. The monoisotopic (exact) mass is 342 g/mol. The van der Waals surface area contributed by atoms with Crippen molar-refractivity contribution in [2.45, 2.75) is 13.0 Å². The Balaban J connectivity index is 1.99. The van der Waals surface area contributed by atoms with Crippen LogP contribution in [0, 0.1) is 11.3 Å². The Morgan fingerprint density at radius 1 is 1.19 bits per heavy atom. The number of hydrogen-bond donors (Lipinski definition) is 0. The minimum Gasteiger partial charge on any atom is -0.341 e. The number of likely N-dealkylation sites (N-methyl/N-ethyl adjacent to an activating group) is 1. The molecule has 0 spiro atoms. The van der Waals surface area contributed by atoms with Gasteiger partial charge in [0, 0.05) is 18.1 Å². The Kier molecular flexibility index (Phi) is 5.13. The summed E-state index contributed by atoms with van der Waals surface area (Å²) in [5.41, 5.74) is 2.60. The van der Waals surface area contributed by atoms with Crippen molar-refractivity contribution in [1.82, 2.24) is 4.90 Å². The summed E-state index contributed by atoms with van der Waals surface area (Å²) in [7, 11) is 1.80. The van der Waals surface area contributed by atoms with Gasteiger partial charge < -0.3 is 4.90 Å². The van der Waals surface area contributed by atoms with E-state index in [0.717, 1.165) is 15.6 Å². The maximum absolute atomic E-state index is 12.2. The van der Waals surface area contributed by atoms with E-state index in [1.165, 1.54) is 0 Å². The van der Waals surface area contributed by atoms with Gasteiger partial charge in [0.2, 0.25) is 5.91 Å². The van der Waals surface area contributed by atoms with Crippen molar-refractivity contribution in [3.63, 3.8) is 0 Å². The molecule has 0 radical (unpaired) electrons. The summed E-state index contributed by atoms with van der Waals surface area (Å²) < 4.78 is 1.00. The van der Waals surface area contributed by atoms with Crippen LogP contribution in [0.15, 0.2) is 53.0 Å². The molecule has 0 saturated heterocycles. The van der Waals surface area contributed by atoms with Crippen molar-refractivity contribution < 1.29 is 4.79 Å². The number of amides is 1. The van der Waals surface area contributed by atoms with Gasteiger partial charge in [0.05, 0.1) is 18.1 Å². The zero-order valence-electron chi connectivity index (χ0n) is 11.7. The molecule has 2 aromatic carbocycles. The van der Waals surface area contributed by atoms with Crippen LogP contribution >= 0.6 is 15.9 Å². The molecule has 0 aliphatic carbocycles. The molecular formula is C17H15BrN2O. The molecule has 0 unspecified atom stereocenters. The van der Waals surface area contributed by atoms with Crippen LogP contribution in [-0.2, 0) is 17.8 Å². The van der Waals surface area contributed by atoms with Crippen molar-refractivity contribution in [2.24, 2.45) is 0 Å². The molecule has 106 valence electrons. The number of benzene rings is 2. The highest BCUT2D eigenvalue weighted by Gasteiger charge is 2.11. The molecule has 0 fully saturated rings. The molecule has 0 aliphatic heterocycles. The van der Waals surface area contributed by atoms with Crippen LogP contribution in [0.4, 0.5) is 0 Å². The van der Waals surface area contributed by atoms with Gasteiger partial charge in [-0.15, -0.1) is 0 Å². The molecule has 0 heterocycles. The number of hydrogen-bond acceptors (Lipinski definition) is 2. The number of halogens is 1. The number of nitrogens with zero attached hydrogens (tertiary/aromatic N) is 2. The Morgan fingerprint density at radius 2 is 1.86 bits per heavy atom. The Bertz CT molecular complexity index is 674. The van der Waals surface area contributed by atoms with Gasteiger partial charge in [-0.25, -0.2) is 0 Å². The highest BCUT2D eigenvalue weighted by atomic mass is 79.9. The standard InChI is InChI=1S/C17H15BrN2O/c1-20(12-15-4-2-3-5-16(15)18)17(21)10-13-6-8-14(11-19)9-7-13/h2-9H,10,12H2,1H3. The zero-order valence-corrected chi connectivity index (χ0v) is 13.3. The normalized spacial score (nSPS) is 9.95. The van der Waals surface area contributed by atoms with E-state index in [2.05, 4.69) is 22.0 Å². The third-order valence-electron chi connectivity index (χ3n) is 3.23. The summed E-state index contributed by atoms with van der Waals surface area (Å²) >= 11 is 3.49. The Labute approximate surface area is 132 Å². The first-order valence-electron chi connectivity index (χ1n) is 6.56. The lowest BCUT2D eigenvalue weighted by Gasteiger charge is -2.18. The van der Waals surface area contributed by atoms with Gasteiger partial charge in [-0.1, -0.05) is 46.3 Å². The maximum atomic E-state index is 12.2. The Hall–Kier alpha value is -2.12. The van der Waals surface area contributed by atoms with Crippen LogP contribution in [0.1, 0.15) is 16.7 Å².